The molecule has 106 valence electrons. The number of allylic oxidation sites excluding steroid dienone is 4. The predicted octanol–water partition coefficient (Wildman–Crippen LogP) is 4.32. The number of carboxylic acids is 1. The molecule has 0 aromatic heterocycles. The van der Waals surface area contributed by atoms with Gasteiger partial charge in [0.25, 0.3) is 0 Å². The molecular formula is C16H25NO2. The molecule has 0 aliphatic rings. The number of rotatable bonds is 8. The molecule has 0 radical (unpaired) electrons. The minimum absolute atomic E-state index is 0.107. The van der Waals surface area contributed by atoms with Crippen molar-refractivity contribution in [1.29, 1.82) is 5.26 Å². The molecule has 2 atom stereocenters. The fourth-order valence-corrected chi connectivity index (χ4v) is 1.88. The summed E-state index contributed by atoms with van der Waals surface area (Å²) in [6.07, 6.45) is 8.05. The Morgan fingerprint density at radius 1 is 1.26 bits per heavy atom. The predicted molar refractivity (Wildman–Crippen MR) is 77.6 cm³/mol. The van der Waals surface area contributed by atoms with Crippen LogP contribution in [-0.2, 0) is 4.79 Å². The first-order chi connectivity index (χ1) is 8.88. The molecule has 0 spiro atoms. The van der Waals surface area contributed by atoms with E-state index in [1.54, 1.807) is 0 Å². The van der Waals surface area contributed by atoms with E-state index in [9.17, 15) is 4.79 Å². The van der Waals surface area contributed by atoms with Crippen LogP contribution in [0.25, 0.3) is 0 Å². The highest BCUT2D eigenvalue weighted by Gasteiger charge is 2.23. The van der Waals surface area contributed by atoms with Crippen LogP contribution in [-0.4, -0.2) is 11.1 Å². The van der Waals surface area contributed by atoms with Crippen LogP contribution < -0.4 is 0 Å². The van der Waals surface area contributed by atoms with Crippen LogP contribution in [0.1, 0.15) is 53.4 Å². The average Bonchev–Trinajstić information content (AvgIpc) is 2.28. The lowest BCUT2D eigenvalue weighted by Gasteiger charge is -2.12. The Kier molecular flexibility index (Phi) is 8.61. The van der Waals surface area contributed by atoms with E-state index >= 15 is 0 Å². The van der Waals surface area contributed by atoms with Crippen LogP contribution in [0.15, 0.2) is 23.3 Å². The maximum Gasteiger partial charge on any atom is 0.321 e. The highest BCUT2D eigenvalue weighted by Crippen LogP contribution is 2.18. The molecule has 1 N–H and O–H groups in total. The van der Waals surface area contributed by atoms with Gasteiger partial charge < -0.3 is 5.11 Å². The Morgan fingerprint density at radius 3 is 2.37 bits per heavy atom. The highest BCUT2D eigenvalue weighted by atomic mass is 16.4. The number of aliphatic carboxylic acids is 1. The number of hydrogen-bond acceptors (Lipinski definition) is 2. The van der Waals surface area contributed by atoms with Gasteiger partial charge in [-0.3, -0.25) is 4.79 Å². The smallest absolute Gasteiger partial charge is 0.321 e. The molecule has 0 aliphatic heterocycles. The Balaban J connectivity index is 4.10. The van der Waals surface area contributed by atoms with Gasteiger partial charge in [-0.1, -0.05) is 30.2 Å². The average molecular weight is 263 g/mol. The summed E-state index contributed by atoms with van der Waals surface area (Å²) in [6.45, 7) is 8.11. The van der Waals surface area contributed by atoms with Crippen molar-refractivity contribution in [2.45, 2.75) is 53.4 Å². The third kappa shape index (κ3) is 8.20. The van der Waals surface area contributed by atoms with Crippen LogP contribution in [0, 0.1) is 23.2 Å². The molecule has 0 rings (SSSR count). The van der Waals surface area contributed by atoms with Gasteiger partial charge in [-0.25, -0.2) is 0 Å². The van der Waals surface area contributed by atoms with Crippen LogP contribution in [0.3, 0.4) is 0 Å². The second-order valence-corrected chi connectivity index (χ2v) is 5.37. The van der Waals surface area contributed by atoms with Crippen molar-refractivity contribution in [3.8, 4) is 6.07 Å². The quantitative estimate of drug-likeness (QED) is 0.663. The van der Waals surface area contributed by atoms with Crippen molar-refractivity contribution in [2.75, 3.05) is 0 Å². The molecule has 0 aliphatic carbocycles. The van der Waals surface area contributed by atoms with Crippen LogP contribution in [0.4, 0.5) is 0 Å². The Morgan fingerprint density at radius 2 is 1.89 bits per heavy atom. The first-order valence-corrected chi connectivity index (χ1v) is 6.80. The molecule has 2 unspecified atom stereocenters. The van der Waals surface area contributed by atoms with Gasteiger partial charge in [0.1, 0.15) is 5.92 Å². The van der Waals surface area contributed by atoms with Crippen LogP contribution in [0.5, 0.6) is 0 Å². The molecule has 3 nitrogen and oxygen atoms in total. The molecule has 0 aromatic rings. The van der Waals surface area contributed by atoms with Crippen molar-refractivity contribution in [1.82, 2.24) is 0 Å². The summed E-state index contributed by atoms with van der Waals surface area (Å²) in [6, 6.07) is 1.86. The van der Waals surface area contributed by atoms with E-state index in [1.165, 1.54) is 11.1 Å². The van der Waals surface area contributed by atoms with Crippen molar-refractivity contribution in [3.05, 3.63) is 23.3 Å². The van der Waals surface area contributed by atoms with Crippen molar-refractivity contribution < 1.29 is 9.90 Å². The van der Waals surface area contributed by atoms with Gasteiger partial charge in [-0.2, -0.15) is 5.26 Å². The number of nitriles is 1. The van der Waals surface area contributed by atoms with Gasteiger partial charge in [0, 0.05) is 0 Å². The zero-order valence-corrected chi connectivity index (χ0v) is 12.4. The summed E-state index contributed by atoms with van der Waals surface area (Å²) in [5, 5.41) is 17.7. The lowest BCUT2D eigenvalue weighted by Crippen LogP contribution is -2.19. The lowest BCUT2D eigenvalue weighted by molar-refractivity contribution is -0.141. The van der Waals surface area contributed by atoms with Crippen molar-refractivity contribution in [2.24, 2.45) is 11.8 Å². The summed E-state index contributed by atoms with van der Waals surface area (Å²) in [5.41, 5.74) is 2.66. The van der Waals surface area contributed by atoms with E-state index < -0.39 is 11.9 Å². The molecule has 3 heteroatoms. The normalized spacial score (nSPS) is 14.4. The lowest BCUT2D eigenvalue weighted by atomic mass is 9.91. The van der Waals surface area contributed by atoms with Gasteiger partial charge >= 0.3 is 5.97 Å². The summed E-state index contributed by atoms with van der Waals surface area (Å²) in [4.78, 5) is 10.8. The van der Waals surface area contributed by atoms with Crippen molar-refractivity contribution >= 4 is 5.97 Å². The second-order valence-electron chi connectivity index (χ2n) is 5.37. The van der Waals surface area contributed by atoms with Crippen LogP contribution >= 0.6 is 0 Å². The molecule has 0 bridgehead atoms. The zero-order chi connectivity index (χ0) is 14.8. The highest BCUT2D eigenvalue weighted by molar-refractivity contribution is 5.73. The maximum atomic E-state index is 10.8. The fraction of sp³-hybridized carbons (Fsp3) is 0.625. The Hall–Kier alpha value is -1.56. The zero-order valence-electron chi connectivity index (χ0n) is 12.4. The number of nitrogens with zero attached hydrogens (tertiary/aromatic N) is 1. The van der Waals surface area contributed by atoms with E-state index in [0.29, 0.717) is 0 Å². The fourth-order valence-electron chi connectivity index (χ4n) is 1.88. The summed E-state index contributed by atoms with van der Waals surface area (Å²) < 4.78 is 0. The monoisotopic (exact) mass is 263 g/mol. The van der Waals surface area contributed by atoms with Gasteiger partial charge in [0.2, 0.25) is 0 Å². The molecule has 19 heavy (non-hydrogen) atoms. The van der Waals surface area contributed by atoms with Gasteiger partial charge in [0.05, 0.1) is 6.07 Å². The van der Waals surface area contributed by atoms with Crippen LogP contribution in [0.2, 0.25) is 0 Å². The molecule has 0 aromatic carbocycles. The Bertz CT molecular complexity index is 384. The molecule has 0 saturated heterocycles. The summed E-state index contributed by atoms with van der Waals surface area (Å²) in [5.74, 6) is -2.01. The summed E-state index contributed by atoms with van der Waals surface area (Å²) >= 11 is 0. The van der Waals surface area contributed by atoms with E-state index in [4.69, 9.17) is 10.4 Å². The SMILES string of the molecule is CC(C)=CCC/C(C)=C/CCC(C)C(C#N)C(=O)O. The van der Waals surface area contributed by atoms with E-state index in [1.807, 2.05) is 13.0 Å². The molecule has 0 amide bonds. The van der Waals surface area contributed by atoms with E-state index in [0.717, 1.165) is 25.7 Å². The number of carboxylic acid groups (broad SMARTS) is 1. The third-order valence-electron chi connectivity index (χ3n) is 3.18. The Labute approximate surface area is 116 Å². The maximum absolute atomic E-state index is 10.8. The minimum Gasteiger partial charge on any atom is -0.480 e. The molecule has 0 saturated carbocycles. The van der Waals surface area contributed by atoms with Gasteiger partial charge in [-0.05, 0) is 52.4 Å². The van der Waals surface area contributed by atoms with Gasteiger partial charge in [-0.15, -0.1) is 0 Å². The molecular weight excluding hydrogens is 238 g/mol. The second kappa shape index (κ2) is 9.38. The number of carbonyl (C=O) groups is 1. The van der Waals surface area contributed by atoms with Crippen molar-refractivity contribution in [3.63, 3.8) is 0 Å². The largest absolute Gasteiger partial charge is 0.480 e. The molecule has 0 fully saturated rings. The first kappa shape index (κ1) is 17.4. The topological polar surface area (TPSA) is 61.1 Å². The van der Waals surface area contributed by atoms with E-state index in [2.05, 4.69) is 32.9 Å². The minimum atomic E-state index is -1.01. The third-order valence-corrected chi connectivity index (χ3v) is 3.18. The standard InChI is InChI=1S/C16H25NO2/c1-12(2)7-5-8-13(3)9-6-10-14(4)15(11-17)16(18)19/h7,9,14-15H,5-6,8,10H2,1-4H3,(H,18,19)/b13-9+. The molecule has 0 heterocycles. The van der Waals surface area contributed by atoms with E-state index in [-0.39, 0.29) is 5.92 Å². The van der Waals surface area contributed by atoms with Gasteiger partial charge in [0.15, 0.2) is 0 Å². The number of hydrogen-bond donors (Lipinski definition) is 1. The first-order valence-electron chi connectivity index (χ1n) is 6.80. The summed E-state index contributed by atoms with van der Waals surface area (Å²) in [7, 11) is 0.